The standard InChI is InChI=1S/C27H42N4O5/c1-8-10-18(4)29-24(33)23(22-16(2)11-9-12-17(22)3)31(19-13-14-19)25(34)20(15-21(28)32)30-26(35)36-27(5,6)7/h9,11-12,18-20,23H,8,10,13-15H2,1-7H3,(H2,28,32)(H,29,33)(H,30,35). The molecule has 0 heterocycles. The maximum absolute atomic E-state index is 14.0. The largest absolute Gasteiger partial charge is 0.444 e. The Kier molecular flexibility index (Phi) is 9.90. The summed E-state index contributed by atoms with van der Waals surface area (Å²) in [4.78, 5) is 53.7. The molecule has 0 aliphatic heterocycles. The van der Waals surface area contributed by atoms with E-state index in [1.54, 1.807) is 20.8 Å². The summed E-state index contributed by atoms with van der Waals surface area (Å²) in [5.41, 5.74) is 7.15. The van der Waals surface area contributed by atoms with Crippen molar-refractivity contribution in [1.82, 2.24) is 15.5 Å². The third kappa shape index (κ3) is 8.24. The lowest BCUT2D eigenvalue weighted by Crippen LogP contribution is -2.55. The summed E-state index contributed by atoms with van der Waals surface area (Å²) in [7, 11) is 0. The third-order valence-corrected chi connectivity index (χ3v) is 6.04. The number of rotatable bonds is 11. The van der Waals surface area contributed by atoms with E-state index in [-0.39, 0.29) is 18.0 Å². The van der Waals surface area contributed by atoms with Gasteiger partial charge in [0, 0.05) is 12.1 Å². The van der Waals surface area contributed by atoms with Gasteiger partial charge in [-0.15, -0.1) is 0 Å². The number of carbonyl (C=O) groups excluding carboxylic acids is 4. The summed E-state index contributed by atoms with van der Waals surface area (Å²) >= 11 is 0. The lowest BCUT2D eigenvalue weighted by molar-refractivity contribution is -0.144. The molecule has 0 radical (unpaired) electrons. The van der Waals surface area contributed by atoms with E-state index in [1.165, 1.54) is 4.90 Å². The number of carbonyl (C=O) groups is 4. The molecule has 200 valence electrons. The van der Waals surface area contributed by atoms with Gasteiger partial charge >= 0.3 is 6.09 Å². The summed E-state index contributed by atoms with van der Waals surface area (Å²) in [6.07, 6.45) is 1.91. The van der Waals surface area contributed by atoms with E-state index in [4.69, 9.17) is 10.5 Å². The van der Waals surface area contributed by atoms with Gasteiger partial charge in [0.1, 0.15) is 17.7 Å². The van der Waals surface area contributed by atoms with Crippen LogP contribution in [0.3, 0.4) is 0 Å². The number of benzene rings is 1. The van der Waals surface area contributed by atoms with Crippen LogP contribution in [0.5, 0.6) is 0 Å². The summed E-state index contributed by atoms with van der Waals surface area (Å²) in [5.74, 6) is -1.57. The average Bonchev–Trinajstić information content (AvgIpc) is 3.55. The van der Waals surface area contributed by atoms with Crippen molar-refractivity contribution in [2.75, 3.05) is 0 Å². The Morgan fingerprint density at radius 2 is 1.69 bits per heavy atom. The predicted octanol–water partition coefficient (Wildman–Crippen LogP) is 3.41. The number of amides is 4. The van der Waals surface area contributed by atoms with Crippen molar-refractivity contribution in [2.45, 2.75) is 110 Å². The molecule has 1 aromatic rings. The van der Waals surface area contributed by atoms with Crippen molar-refractivity contribution in [2.24, 2.45) is 5.73 Å². The van der Waals surface area contributed by atoms with Crippen LogP contribution in [0, 0.1) is 13.8 Å². The Labute approximate surface area is 214 Å². The Morgan fingerprint density at radius 3 is 2.17 bits per heavy atom. The smallest absolute Gasteiger partial charge is 0.408 e. The molecule has 1 saturated carbocycles. The quantitative estimate of drug-likeness (QED) is 0.427. The van der Waals surface area contributed by atoms with Gasteiger partial charge in [-0.1, -0.05) is 31.5 Å². The summed E-state index contributed by atoms with van der Waals surface area (Å²) < 4.78 is 5.31. The third-order valence-electron chi connectivity index (χ3n) is 6.04. The number of alkyl carbamates (subject to hydrolysis) is 1. The molecule has 1 fully saturated rings. The highest BCUT2D eigenvalue weighted by molar-refractivity contribution is 5.95. The topological polar surface area (TPSA) is 131 Å². The van der Waals surface area contributed by atoms with Crippen molar-refractivity contribution < 1.29 is 23.9 Å². The normalized spacial score (nSPS) is 15.9. The summed E-state index contributed by atoms with van der Waals surface area (Å²) in [6, 6.07) is 3.29. The van der Waals surface area contributed by atoms with E-state index in [0.29, 0.717) is 0 Å². The van der Waals surface area contributed by atoms with Crippen LogP contribution in [-0.2, 0) is 19.1 Å². The van der Waals surface area contributed by atoms with Crippen LogP contribution in [0.25, 0.3) is 0 Å². The number of ether oxygens (including phenoxy) is 1. The van der Waals surface area contributed by atoms with Crippen molar-refractivity contribution in [3.05, 3.63) is 34.9 Å². The first-order valence-corrected chi connectivity index (χ1v) is 12.7. The zero-order valence-corrected chi connectivity index (χ0v) is 22.6. The molecule has 3 atom stereocenters. The van der Waals surface area contributed by atoms with Gasteiger partial charge in [0.25, 0.3) is 0 Å². The molecule has 1 aliphatic rings. The lowest BCUT2D eigenvalue weighted by atomic mass is 9.93. The van der Waals surface area contributed by atoms with Crippen LogP contribution in [-0.4, -0.2) is 52.4 Å². The van der Waals surface area contributed by atoms with Gasteiger partial charge in [-0.3, -0.25) is 14.4 Å². The van der Waals surface area contributed by atoms with Gasteiger partial charge in [-0.05, 0) is 77.5 Å². The molecule has 36 heavy (non-hydrogen) atoms. The molecule has 9 heteroatoms. The molecular weight excluding hydrogens is 460 g/mol. The fourth-order valence-corrected chi connectivity index (χ4v) is 4.38. The SMILES string of the molecule is CCCC(C)NC(=O)C(c1c(C)cccc1C)N(C(=O)C(CC(N)=O)NC(=O)OC(C)(C)C)C1CC1. The molecule has 0 bridgehead atoms. The molecule has 0 aromatic heterocycles. The highest BCUT2D eigenvalue weighted by Gasteiger charge is 2.45. The number of nitrogens with zero attached hydrogens (tertiary/aromatic N) is 1. The Morgan fingerprint density at radius 1 is 1.11 bits per heavy atom. The minimum Gasteiger partial charge on any atom is -0.444 e. The van der Waals surface area contributed by atoms with Crippen molar-refractivity contribution >= 4 is 23.8 Å². The van der Waals surface area contributed by atoms with E-state index >= 15 is 0 Å². The lowest BCUT2D eigenvalue weighted by Gasteiger charge is -2.36. The Hall–Kier alpha value is -3.10. The van der Waals surface area contributed by atoms with Gasteiger partial charge in [-0.25, -0.2) is 4.79 Å². The van der Waals surface area contributed by atoms with Crippen LogP contribution in [0.1, 0.15) is 89.5 Å². The molecule has 9 nitrogen and oxygen atoms in total. The zero-order valence-electron chi connectivity index (χ0n) is 22.6. The van der Waals surface area contributed by atoms with Crippen molar-refractivity contribution in [3.63, 3.8) is 0 Å². The second kappa shape index (κ2) is 12.2. The number of nitrogens with one attached hydrogen (secondary N) is 2. The van der Waals surface area contributed by atoms with Gasteiger partial charge in [0.2, 0.25) is 17.7 Å². The number of nitrogens with two attached hydrogens (primary N) is 1. The molecular formula is C27H42N4O5. The first kappa shape index (κ1) is 29.1. The molecule has 3 unspecified atom stereocenters. The fourth-order valence-electron chi connectivity index (χ4n) is 4.38. The van der Waals surface area contributed by atoms with E-state index in [1.807, 2.05) is 45.9 Å². The summed E-state index contributed by atoms with van der Waals surface area (Å²) in [5, 5.41) is 5.59. The van der Waals surface area contributed by atoms with Crippen LogP contribution in [0.4, 0.5) is 4.79 Å². The molecule has 1 aliphatic carbocycles. The molecule has 4 N–H and O–H groups in total. The number of primary amides is 1. The van der Waals surface area contributed by atoms with E-state index in [2.05, 4.69) is 10.6 Å². The predicted molar refractivity (Wildman–Crippen MR) is 138 cm³/mol. The van der Waals surface area contributed by atoms with E-state index in [9.17, 15) is 19.2 Å². The minimum absolute atomic E-state index is 0.0771. The number of hydrogen-bond donors (Lipinski definition) is 3. The number of aryl methyl sites for hydroxylation is 2. The van der Waals surface area contributed by atoms with Crippen molar-refractivity contribution in [3.8, 4) is 0 Å². The first-order valence-electron chi connectivity index (χ1n) is 12.7. The average molecular weight is 503 g/mol. The molecule has 0 spiro atoms. The minimum atomic E-state index is -1.26. The van der Waals surface area contributed by atoms with E-state index < -0.39 is 42.0 Å². The maximum Gasteiger partial charge on any atom is 0.408 e. The van der Waals surface area contributed by atoms with E-state index in [0.717, 1.165) is 42.4 Å². The van der Waals surface area contributed by atoms with Gasteiger partial charge in [-0.2, -0.15) is 0 Å². The van der Waals surface area contributed by atoms with Crippen LogP contribution in [0.15, 0.2) is 18.2 Å². The van der Waals surface area contributed by atoms with Gasteiger partial charge < -0.3 is 26.0 Å². The van der Waals surface area contributed by atoms with Gasteiger partial charge in [0.15, 0.2) is 0 Å². The summed E-state index contributed by atoms with van der Waals surface area (Å²) in [6.45, 7) is 12.9. The fraction of sp³-hybridized carbons (Fsp3) is 0.630. The Bertz CT molecular complexity index is 947. The molecule has 0 saturated heterocycles. The van der Waals surface area contributed by atoms with Crippen LogP contribution >= 0.6 is 0 Å². The van der Waals surface area contributed by atoms with Crippen LogP contribution < -0.4 is 16.4 Å². The van der Waals surface area contributed by atoms with Crippen molar-refractivity contribution in [1.29, 1.82) is 0 Å². The van der Waals surface area contributed by atoms with Crippen LogP contribution in [0.2, 0.25) is 0 Å². The highest BCUT2D eigenvalue weighted by atomic mass is 16.6. The molecule has 1 aromatic carbocycles. The number of hydrogen-bond acceptors (Lipinski definition) is 5. The second-order valence-corrected chi connectivity index (χ2v) is 10.8. The maximum atomic E-state index is 14.0. The molecule has 2 rings (SSSR count). The Balaban J connectivity index is 2.52. The second-order valence-electron chi connectivity index (χ2n) is 10.8. The highest BCUT2D eigenvalue weighted by Crippen LogP contribution is 2.38. The molecule has 4 amide bonds. The van der Waals surface area contributed by atoms with Gasteiger partial charge in [0.05, 0.1) is 6.42 Å². The monoisotopic (exact) mass is 502 g/mol. The zero-order chi connectivity index (χ0) is 27.2. The first-order chi connectivity index (χ1) is 16.7.